The maximum absolute atomic E-state index is 13.4. The third kappa shape index (κ3) is 3.53. The first-order valence-corrected chi connectivity index (χ1v) is 8.12. The van der Waals surface area contributed by atoms with Crippen LogP contribution >= 0.6 is 0 Å². The van der Waals surface area contributed by atoms with Gasteiger partial charge in [0.1, 0.15) is 5.82 Å². The molecule has 1 aromatic carbocycles. The van der Waals surface area contributed by atoms with Crippen LogP contribution in [0.25, 0.3) is 0 Å². The van der Waals surface area contributed by atoms with Crippen molar-refractivity contribution < 1.29 is 9.18 Å². The van der Waals surface area contributed by atoms with Gasteiger partial charge in [-0.25, -0.2) is 4.39 Å². The summed E-state index contributed by atoms with van der Waals surface area (Å²) >= 11 is 0. The van der Waals surface area contributed by atoms with Crippen molar-refractivity contribution in [2.45, 2.75) is 19.8 Å². The van der Waals surface area contributed by atoms with Crippen molar-refractivity contribution in [2.24, 2.45) is 5.92 Å². The molecule has 0 aliphatic carbocycles. The zero-order valence-electron chi connectivity index (χ0n) is 13.9. The van der Waals surface area contributed by atoms with Crippen LogP contribution in [0.5, 0.6) is 0 Å². The maximum Gasteiger partial charge on any atom is 0.271 e. The highest BCUT2D eigenvalue weighted by molar-refractivity contribution is 5.91. The summed E-state index contributed by atoms with van der Waals surface area (Å²) in [5.41, 5.74) is 2.18. The van der Waals surface area contributed by atoms with Gasteiger partial charge in [0.2, 0.25) is 0 Å². The minimum Gasteiger partial charge on any atom is -0.355 e. The van der Waals surface area contributed by atoms with E-state index in [0.717, 1.165) is 31.7 Å². The Labute approximate surface area is 140 Å². The Kier molecular flexibility index (Phi) is 4.74. The molecule has 126 valence electrons. The number of hydrogen-bond acceptors (Lipinski definition) is 4. The summed E-state index contributed by atoms with van der Waals surface area (Å²) in [6, 6.07) is 8.86. The van der Waals surface area contributed by atoms with E-state index in [1.165, 1.54) is 5.56 Å². The first-order valence-electron chi connectivity index (χ1n) is 8.12. The number of rotatable bonds is 4. The minimum absolute atomic E-state index is 0.154. The third-order valence-corrected chi connectivity index (χ3v) is 4.47. The second kappa shape index (κ2) is 6.95. The second-order valence-electron chi connectivity index (χ2n) is 6.24. The number of amides is 1. The molecule has 0 saturated carbocycles. The molecule has 24 heavy (non-hydrogen) atoms. The molecule has 1 aliphatic heterocycles. The summed E-state index contributed by atoms with van der Waals surface area (Å²) in [6.45, 7) is 3.60. The normalized spacial score (nSPS) is 17.1. The van der Waals surface area contributed by atoms with Crippen LogP contribution in [-0.2, 0) is 6.42 Å². The molecular weight excluding hydrogens is 307 g/mol. The van der Waals surface area contributed by atoms with Crippen LogP contribution in [0.15, 0.2) is 30.3 Å². The van der Waals surface area contributed by atoms with Crippen molar-refractivity contribution in [3.8, 4) is 0 Å². The Morgan fingerprint density at radius 2 is 2.17 bits per heavy atom. The van der Waals surface area contributed by atoms with Crippen LogP contribution in [0.2, 0.25) is 0 Å². The van der Waals surface area contributed by atoms with E-state index >= 15 is 0 Å². The Balaban J connectivity index is 1.62. The monoisotopic (exact) mass is 328 g/mol. The van der Waals surface area contributed by atoms with Gasteiger partial charge < -0.3 is 10.2 Å². The molecule has 2 heterocycles. The smallest absolute Gasteiger partial charge is 0.271 e. The average molecular weight is 328 g/mol. The Morgan fingerprint density at radius 3 is 2.83 bits per heavy atom. The molecule has 1 saturated heterocycles. The number of nitrogens with one attached hydrogen (secondary N) is 1. The van der Waals surface area contributed by atoms with Gasteiger partial charge in [0.25, 0.3) is 5.91 Å². The number of halogens is 1. The highest BCUT2D eigenvalue weighted by atomic mass is 19.1. The lowest BCUT2D eigenvalue weighted by Gasteiger charge is -2.17. The molecule has 0 spiro atoms. The molecule has 2 aromatic rings. The predicted molar refractivity (Wildman–Crippen MR) is 90.6 cm³/mol. The van der Waals surface area contributed by atoms with Gasteiger partial charge in [-0.1, -0.05) is 12.1 Å². The zero-order chi connectivity index (χ0) is 17.1. The van der Waals surface area contributed by atoms with Crippen molar-refractivity contribution in [1.29, 1.82) is 0 Å². The number of benzene rings is 1. The van der Waals surface area contributed by atoms with E-state index in [0.29, 0.717) is 17.2 Å². The number of carbonyl (C=O) groups is 1. The van der Waals surface area contributed by atoms with Gasteiger partial charge in [-0.2, -0.15) is 0 Å². The molecule has 1 aliphatic rings. The molecule has 1 amide bonds. The van der Waals surface area contributed by atoms with Crippen molar-refractivity contribution in [3.05, 3.63) is 53.0 Å². The fourth-order valence-corrected chi connectivity index (χ4v) is 3.12. The summed E-state index contributed by atoms with van der Waals surface area (Å²) in [6.07, 6.45) is 2.00. The molecule has 1 N–H and O–H groups in total. The van der Waals surface area contributed by atoms with Crippen molar-refractivity contribution in [1.82, 2.24) is 15.5 Å². The van der Waals surface area contributed by atoms with Gasteiger partial charge in [-0.15, -0.1) is 10.2 Å². The van der Waals surface area contributed by atoms with E-state index in [9.17, 15) is 9.18 Å². The molecule has 1 unspecified atom stereocenters. The van der Waals surface area contributed by atoms with Gasteiger partial charge >= 0.3 is 0 Å². The highest BCUT2D eigenvalue weighted by Crippen LogP contribution is 2.25. The number of aryl methyl sites for hydroxylation is 1. The quantitative estimate of drug-likeness (QED) is 0.936. The maximum atomic E-state index is 13.4. The molecule has 0 radical (unpaired) electrons. The van der Waals surface area contributed by atoms with Crippen LogP contribution in [0.4, 0.5) is 10.2 Å². The van der Waals surface area contributed by atoms with E-state index < -0.39 is 0 Å². The fourth-order valence-electron chi connectivity index (χ4n) is 3.12. The molecular formula is C18H21FN4O. The van der Waals surface area contributed by atoms with Gasteiger partial charge in [0.15, 0.2) is 11.5 Å². The van der Waals surface area contributed by atoms with Crippen molar-refractivity contribution in [2.75, 3.05) is 25.0 Å². The van der Waals surface area contributed by atoms with Crippen LogP contribution in [0.3, 0.4) is 0 Å². The lowest BCUT2D eigenvalue weighted by atomic mass is 9.97. The number of carbonyl (C=O) groups excluding carboxylic acids is 1. The predicted octanol–water partition coefficient (Wildman–Crippen LogP) is 2.35. The Morgan fingerprint density at radius 1 is 1.33 bits per heavy atom. The molecule has 6 heteroatoms. The third-order valence-electron chi connectivity index (χ3n) is 4.47. The summed E-state index contributed by atoms with van der Waals surface area (Å²) in [4.78, 5) is 13.7. The van der Waals surface area contributed by atoms with Crippen molar-refractivity contribution in [3.63, 3.8) is 0 Å². The van der Waals surface area contributed by atoms with E-state index in [4.69, 9.17) is 0 Å². The summed E-state index contributed by atoms with van der Waals surface area (Å²) in [5.74, 6) is 0.911. The minimum atomic E-state index is -0.236. The van der Waals surface area contributed by atoms with Crippen LogP contribution < -0.4 is 10.2 Å². The summed E-state index contributed by atoms with van der Waals surface area (Å²) in [5, 5.41) is 10.7. The van der Waals surface area contributed by atoms with Gasteiger partial charge in [-0.05, 0) is 55.0 Å². The first kappa shape index (κ1) is 16.4. The van der Waals surface area contributed by atoms with E-state index in [1.54, 1.807) is 26.1 Å². The van der Waals surface area contributed by atoms with Gasteiger partial charge in [-0.3, -0.25) is 4.79 Å². The van der Waals surface area contributed by atoms with E-state index in [2.05, 4.69) is 20.4 Å². The molecule has 3 rings (SSSR count). The molecule has 1 fully saturated rings. The number of nitrogens with zero attached hydrogens (tertiary/aromatic N) is 3. The molecule has 1 atom stereocenters. The van der Waals surface area contributed by atoms with Crippen molar-refractivity contribution >= 4 is 11.7 Å². The number of hydrogen-bond donors (Lipinski definition) is 1. The average Bonchev–Trinajstić information content (AvgIpc) is 3.06. The Bertz CT molecular complexity index is 732. The lowest BCUT2D eigenvalue weighted by molar-refractivity contribution is 0.0957. The lowest BCUT2D eigenvalue weighted by Crippen LogP contribution is -2.23. The molecule has 1 aromatic heterocycles. The topological polar surface area (TPSA) is 58.1 Å². The van der Waals surface area contributed by atoms with E-state index in [-0.39, 0.29) is 11.7 Å². The second-order valence-corrected chi connectivity index (χ2v) is 6.24. The van der Waals surface area contributed by atoms with E-state index in [1.807, 2.05) is 18.2 Å². The van der Waals surface area contributed by atoms with Crippen LogP contribution in [0, 0.1) is 18.7 Å². The highest BCUT2D eigenvalue weighted by Gasteiger charge is 2.24. The summed E-state index contributed by atoms with van der Waals surface area (Å²) in [7, 11) is 1.57. The van der Waals surface area contributed by atoms with Gasteiger partial charge in [0, 0.05) is 20.1 Å². The zero-order valence-corrected chi connectivity index (χ0v) is 13.9. The Hall–Kier alpha value is -2.50. The molecule has 5 nitrogen and oxygen atoms in total. The number of aromatic nitrogens is 2. The summed E-state index contributed by atoms with van der Waals surface area (Å²) < 4.78 is 13.4. The fraction of sp³-hybridized carbons (Fsp3) is 0.389. The number of anilines is 1. The molecule has 0 bridgehead atoms. The first-order chi connectivity index (χ1) is 11.6. The standard InChI is InChI=1S/C18H21FN4O/c1-12-9-13(3-4-15(12)19)10-14-7-8-23(11-14)17-6-5-16(21-22-17)18(24)20-2/h3-6,9,14H,7-8,10-11H2,1-2H3,(H,20,24). The largest absolute Gasteiger partial charge is 0.355 e. The SMILES string of the molecule is CNC(=O)c1ccc(N2CCC(Cc3ccc(F)c(C)c3)C2)nn1. The van der Waals surface area contributed by atoms with Crippen LogP contribution in [-0.4, -0.2) is 36.2 Å². The van der Waals surface area contributed by atoms with Gasteiger partial charge in [0.05, 0.1) is 0 Å². The van der Waals surface area contributed by atoms with Crippen LogP contribution in [0.1, 0.15) is 28.0 Å².